The maximum Gasteiger partial charge on any atom is 0.325 e. The molecule has 2 saturated carbocycles. The topological polar surface area (TPSA) is 75.1 Å². The second kappa shape index (κ2) is 5.09. The number of aliphatic carboxylic acids is 1. The van der Waals surface area contributed by atoms with Crippen LogP contribution in [0.15, 0.2) is 23.6 Å². The maximum absolute atomic E-state index is 11.8. The molecule has 0 aromatic carbocycles. The van der Waals surface area contributed by atoms with Crippen molar-refractivity contribution in [3.05, 3.63) is 18.6 Å². The number of carboxylic acids is 1. The molecular weight excluding hydrogens is 262 g/mol. The van der Waals surface area contributed by atoms with Crippen molar-refractivity contribution in [1.29, 1.82) is 0 Å². The third-order valence-corrected chi connectivity index (χ3v) is 4.79. The second-order valence-electron chi connectivity index (χ2n) is 5.30. The summed E-state index contributed by atoms with van der Waals surface area (Å²) in [5.41, 5.74) is -0.788. The Morgan fingerprint density at radius 2 is 2.21 bits per heavy atom. The molecule has 1 aromatic heterocycles. The van der Waals surface area contributed by atoms with Crippen LogP contribution in [0.2, 0.25) is 0 Å². The van der Waals surface area contributed by atoms with Crippen LogP contribution >= 0.6 is 11.8 Å². The fraction of sp³-hybridized carbons (Fsp3) is 0.615. The van der Waals surface area contributed by atoms with Gasteiger partial charge >= 0.3 is 5.97 Å². The van der Waals surface area contributed by atoms with Crippen LogP contribution in [0.1, 0.15) is 25.7 Å². The zero-order chi connectivity index (χ0) is 13.3. The van der Waals surface area contributed by atoms with E-state index in [1.54, 1.807) is 18.6 Å². The Hall–Kier alpha value is -1.14. The SMILES string of the molecule is O=C(O)C(CSc1cnccn1)(NC1CC1)C1CC1. The zero-order valence-electron chi connectivity index (χ0n) is 10.6. The van der Waals surface area contributed by atoms with Crippen LogP contribution < -0.4 is 5.32 Å². The summed E-state index contributed by atoms with van der Waals surface area (Å²) in [6.07, 6.45) is 9.14. The number of nitrogens with one attached hydrogen (secondary N) is 1. The molecule has 0 radical (unpaired) electrons. The maximum atomic E-state index is 11.8. The van der Waals surface area contributed by atoms with Crippen LogP contribution in [0.3, 0.4) is 0 Å². The average Bonchev–Trinajstić information content (AvgIpc) is 3.28. The van der Waals surface area contributed by atoms with Crippen molar-refractivity contribution in [2.45, 2.75) is 42.3 Å². The first-order valence-electron chi connectivity index (χ1n) is 6.60. The van der Waals surface area contributed by atoms with Gasteiger partial charge in [-0.1, -0.05) is 0 Å². The van der Waals surface area contributed by atoms with Gasteiger partial charge in [-0.25, -0.2) is 4.98 Å². The highest BCUT2D eigenvalue weighted by atomic mass is 32.2. The van der Waals surface area contributed by atoms with E-state index in [2.05, 4.69) is 15.3 Å². The monoisotopic (exact) mass is 279 g/mol. The number of carbonyl (C=O) groups is 1. The van der Waals surface area contributed by atoms with Gasteiger partial charge in [-0.3, -0.25) is 15.1 Å². The minimum absolute atomic E-state index is 0.259. The molecule has 2 aliphatic carbocycles. The Morgan fingerprint density at radius 1 is 1.42 bits per heavy atom. The van der Waals surface area contributed by atoms with E-state index in [4.69, 9.17) is 0 Å². The molecule has 6 heteroatoms. The van der Waals surface area contributed by atoms with Gasteiger partial charge in [0.15, 0.2) is 0 Å². The first kappa shape index (κ1) is 12.9. The van der Waals surface area contributed by atoms with Gasteiger partial charge in [0.2, 0.25) is 0 Å². The molecule has 0 aliphatic heterocycles. The predicted molar refractivity (Wildman–Crippen MR) is 72.0 cm³/mol. The summed E-state index contributed by atoms with van der Waals surface area (Å²) >= 11 is 1.48. The number of thioether (sulfide) groups is 1. The van der Waals surface area contributed by atoms with Gasteiger partial charge in [0.25, 0.3) is 0 Å². The summed E-state index contributed by atoms with van der Waals surface area (Å²) < 4.78 is 0. The van der Waals surface area contributed by atoms with Gasteiger partial charge in [-0.15, -0.1) is 11.8 Å². The molecule has 0 spiro atoms. The third kappa shape index (κ3) is 2.90. The van der Waals surface area contributed by atoms with Gasteiger partial charge in [0, 0.05) is 24.2 Å². The second-order valence-corrected chi connectivity index (χ2v) is 6.30. The lowest BCUT2D eigenvalue weighted by atomic mass is 9.95. The number of carboxylic acid groups (broad SMARTS) is 1. The molecule has 2 aliphatic rings. The molecule has 0 amide bonds. The lowest BCUT2D eigenvalue weighted by Gasteiger charge is -2.30. The summed E-state index contributed by atoms with van der Waals surface area (Å²) in [4.78, 5) is 20.0. The predicted octanol–water partition coefficient (Wildman–Crippen LogP) is 1.55. The van der Waals surface area contributed by atoms with E-state index in [0.717, 1.165) is 30.7 Å². The fourth-order valence-corrected chi connectivity index (χ4v) is 3.38. The van der Waals surface area contributed by atoms with Crippen molar-refractivity contribution >= 4 is 17.7 Å². The standard InChI is InChI=1S/C13H17N3O2S/c17-12(18)13(9-1-2-9,16-10-3-4-10)8-19-11-7-14-5-6-15-11/h5-7,9-10,16H,1-4,8H2,(H,17,18). The van der Waals surface area contributed by atoms with Crippen molar-refractivity contribution in [3.8, 4) is 0 Å². The Labute approximate surface area is 116 Å². The molecule has 102 valence electrons. The fourth-order valence-electron chi connectivity index (χ4n) is 2.29. The molecule has 3 rings (SSSR count). The van der Waals surface area contributed by atoms with Crippen molar-refractivity contribution in [2.75, 3.05) is 5.75 Å². The van der Waals surface area contributed by atoms with Gasteiger partial charge in [-0.2, -0.15) is 0 Å². The molecule has 1 heterocycles. The molecular formula is C13H17N3O2S. The number of aromatic nitrogens is 2. The van der Waals surface area contributed by atoms with E-state index in [1.165, 1.54) is 11.8 Å². The molecule has 2 N–H and O–H groups in total. The number of hydrogen-bond acceptors (Lipinski definition) is 5. The largest absolute Gasteiger partial charge is 0.480 e. The van der Waals surface area contributed by atoms with Crippen molar-refractivity contribution < 1.29 is 9.90 Å². The lowest BCUT2D eigenvalue weighted by molar-refractivity contribution is -0.145. The normalized spacial score (nSPS) is 21.9. The molecule has 1 aromatic rings. The molecule has 1 atom stereocenters. The highest BCUT2D eigenvalue weighted by molar-refractivity contribution is 7.99. The number of nitrogens with zero attached hydrogens (tertiary/aromatic N) is 2. The van der Waals surface area contributed by atoms with E-state index in [9.17, 15) is 9.90 Å². The highest BCUT2D eigenvalue weighted by Gasteiger charge is 2.53. The van der Waals surface area contributed by atoms with Crippen molar-refractivity contribution in [1.82, 2.24) is 15.3 Å². The Balaban J connectivity index is 1.72. The summed E-state index contributed by atoms with van der Waals surface area (Å²) in [7, 11) is 0. The van der Waals surface area contributed by atoms with Gasteiger partial charge in [0.1, 0.15) is 10.6 Å². The summed E-state index contributed by atoms with van der Waals surface area (Å²) in [6.45, 7) is 0. The molecule has 19 heavy (non-hydrogen) atoms. The van der Waals surface area contributed by atoms with Crippen LogP contribution in [0.4, 0.5) is 0 Å². The zero-order valence-corrected chi connectivity index (χ0v) is 11.4. The number of rotatable bonds is 7. The molecule has 1 unspecified atom stereocenters. The van der Waals surface area contributed by atoms with E-state index >= 15 is 0 Å². The molecule has 0 saturated heterocycles. The summed E-state index contributed by atoms with van der Waals surface area (Å²) in [6, 6.07) is 0.388. The number of hydrogen-bond donors (Lipinski definition) is 2. The minimum atomic E-state index is -0.788. The van der Waals surface area contributed by atoms with Crippen LogP contribution in [-0.4, -0.2) is 38.4 Å². The summed E-state index contributed by atoms with van der Waals surface area (Å²) in [5.74, 6) is 0.0513. The van der Waals surface area contributed by atoms with E-state index in [-0.39, 0.29) is 5.92 Å². The molecule has 0 bridgehead atoms. The Morgan fingerprint density at radius 3 is 2.74 bits per heavy atom. The lowest BCUT2D eigenvalue weighted by Crippen LogP contribution is -2.57. The first-order valence-corrected chi connectivity index (χ1v) is 7.59. The smallest absolute Gasteiger partial charge is 0.325 e. The van der Waals surface area contributed by atoms with Crippen LogP contribution in [0.5, 0.6) is 0 Å². The van der Waals surface area contributed by atoms with Crippen LogP contribution in [-0.2, 0) is 4.79 Å². The van der Waals surface area contributed by atoms with Gasteiger partial charge < -0.3 is 5.11 Å². The average molecular weight is 279 g/mol. The quantitative estimate of drug-likeness (QED) is 0.738. The van der Waals surface area contributed by atoms with E-state index in [0.29, 0.717) is 11.8 Å². The third-order valence-electron chi connectivity index (χ3n) is 3.68. The molecule has 5 nitrogen and oxygen atoms in total. The molecule has 2 fully saturated rings. The van der Waals surface area contributed by atoms with Crippen LogP contribution in [0, 0.1) is 5.92 Å². The van der Waals surface area contributed by atoms with Gasteiger partial charge in [-0.05, 0) is 31.6 Å². The van der Waals surface area contributed by atoms with Crippen LogP contribution in [0.25, 0.3) is 0 Å². The highest BCUT2D eigenvalue weighted by Crippen LogP contribution is 2.44. The minimum Gasteiger partial charge on any atom is -0.480 e. The Kier molecular flexibility index (Phi) is 3.45. The van der Waals surface area contributed by atoms with E-state index < -0.39 is 11.5 Å². The summed E-state index contributed by atoms with van der Waals surface area (Å²) in [5, 5.41) is 13.8. The van der Waals surface area contributed by atoms with E-state index in [1.807, 2.05) is 0 Å². The Bertz CT molecular complexity index is 462. The van der Waals surface area contributed by atoms with Crippen molar-refractivity contribution in [3.63, 3.8) is 0 Å². The van der Waals surface area contributed by atoms with Crippen molar-refractivity contribution in [2.24, 2.45) is 5.92 Å². The van der Waals surface area contributed by atoms with Gasteiger partial charge in [0.05, 0.1) is 6.20 Å². The first-order chi connectivity index (χ1) is 9.21.